The quantitative estimate of drug-likeness (QED) is 0.796. The van der Waals surface area contributed by atoms with E-state index in [4.69, 9.17) is 4.42 Å². The average Bonchev–Trinajstić information content (AvgIpc) is 3.07. The van der Waals surface area contributed by atoms with Crippen molar-refractivity contribution in [1.82, 2.24) is 9.97 Å². The lowest BCUT2D eigenvalue weighted by Crippen LogP contribution is -2.39. The standard InChI is InChI=1S/C15H13N3O4/c1-21-13(19)12-17-9-7-15(5-4-10(9)22-12)8-3-2-6-16-11(8)18-14(15)20/h2-3,6H,4-5,7H2,1H3,(H,16,18,20). The number of oxazole rings is 1. The van der Waals surface area contributed by atoms with Gasteiger partial charge in [0.1, 0.15) is 11.6 Å². The van der Waals surface area contributed by atoms with Gasteiger partial charge < -0.3 is 14.5 Å². The summed E-state index contributed by atoms with van der Waals surface area (Å²) < 4.78 is 10.1. The zero-order valence-corrected chi connectivity index (χ0v) is 11.9. The highest BCUT2D eigenvalue weighted by Gasteiger charge is 2.50. The molecule has 1 aliphatic carbocycles. The number of hydrogen-bond donors (Lipinski definition) is 1. The van der Waals surface area contributed by atoms with E-state index >= 15 is 0 Å². The Hall–Kier alpha value is -2.70. The first kappa shape index (κ1) is 13.0. The molecule has 3 heterocycles. The Kier molecular flexibility index (Phi) is 2.60. The minimum absolute atomic E-state index is 0.0608. The van der Waals surface area contributed by atoms with Crippen molar-refractivity contribution in [1.29, 1.82) is 0 Å². The van der Waals surface area contributed by atoms with Crippen LogP contribution in [0.5, 0.6) is 0 Å². The minimum Gasteiger partial charge on any atom is -0.462 e. The van der Waals surface area contributed by atoms with Gasteiger partial charge in [0.15, 0.2) is 0 Å². The molecule has 2 aliphatic rings. The lowest BCUT2D eigenvalue weighted by Gasteiger charge is -2.29. The van der Waals surface area contributed by atoms with E-state index in [-0.39, 0.29) is 11.8 Å². The van der Waals surface area contributed by atoms with Gasteiger partial charge in [0.2, 0.25) is 5.91 Å². The number of nitrogens with zero attached hydrogens (tertiary/aromatic N) is 2. The number of methoxy groups -OCH3 is 1. The molecule has 1 unspecified atom stereocenters. The fourth-order valence-corrected chi connectivity index (χ4v) is 3.26. The van der Waals surface area contributed by atoms with Gasteiger partial charge in [-0.05, 0) is 12.5 Å². The molecule has 0 saturated carbocycles. The zero-order chi connectivity index (χ0) is 15.3. The van der Waals surface area contributed by atoms with Crippen LogP contribution >= 0.6 is 0 Å². The van der Waals surface area contributed by atoms with Crippen LogP contribution < -0.4 is 5.32 Å². The van der Waals surface area contributed by atoms with Gasteiger partial charge in [-0.1, -0.05) is 6.07 Å². The summed E-state index contributed by atoms with van der Waals surface area (Å²) in [6.45, 7) is 0. The molecule has 0 saturated heterocycles. The molecule has 0 radical (unpaired) electrons. The van der Waals surface area contributed by atoms with Crippen LogP contribution in [0.25, 0.3) is 0 Å². The first-order chi connectivity index (χ1) is 10.6. The van der Waals surface area contributed by atoms with Gasteiger partial charge in [0.05, 0.1) is 18.2 Å². The van der Waals surface area contributed by atoms with E-state index in [0.717, 1.165) is 5.56 Å². The van der Waals surface area contributed by atoms with E-state index in [9.17, 15) is 9.59 Å². The summed E-state index contributed by atoms with van der Waals surface area (Å²) in [6.07, 6.45) is 3.19. The van der Waals surface area contributed by atoms with Crippen LogP contribution in [-0.2, 0) is 27.8 Å². The molecule has 0 aromatic carbocycles. The second kappa shape index (κ2) is 4.40. The number of carbonyl (C=O) groups excluding carboxylic acids is 2. The number of amides is 1. The Labute approximate surface area is 125 Å². The molecule has 7 nitrogen and oxygen atoms in total. The summed E-state index contributed by atoms with van der Waals surface area (Å²) in [5.41, 5.74) is 0.840. The molecule has 7 heteroatoms. The van der Waals surface area contributed by atoms with Gasteiger partial charge in [0, 0.05) is 24.6 Å². The maximum Gasteiger partial charge on any atom is 0.394 e. The van der Waals surface area contributed by atoms with E-state index in [1.54, 1.807) is 6.20 Å². The average molecular weight is 299 g/mol. The maximum atomic E-state index is 12.5. The summed E-state index contributed by atoms with van der Waals surface area (Å²) in [4.78, 5) is 32.5. The lowest BCUT2D eigenvalue weighted by atomic mass is 9.71. The number of ether oxygens (including phenoxy) is 1. The second-order valence-electron chi connectivity index (χ2n) is 5.49. The maximum absolute atomic E-state index is 12.5. The Balaban J connectivity index is 1.77. The van der Waals surface area contributed by atoms with Crippen LogP contribution in [0.3, 0.4) is 0 Å². The summed E-state index contributed by atoms with van der Waals surface area (Å²) in [5.74, 6) is 0.508. The van der Waals surface area contributed by atoms with Crippen molar-refractivity contribution < 1.29 is 18.7 Å². The van der Waals surface area contributed by atoms with Gasteiger partial charge in [-0.2, -0.15) is 0 Å². The van der Waals surface area contributed by atoms with Crippen molar-refractivity contribution in [2.45, 2.75) is 24.7 Å². The van der Waals surface area contributed by atoms with Crippen molar-refractivity contribution in [3.63, 3.8) is 0 Å². The van der Waals surface area contributed by atoms with Crippen LogP contribution in [0.1, 0.15) is 34.1 Å². The van der Waals surface area contributed by atoms with E-state index in [1.807, 2.05) is 12.1 Å². The molecule has 1 amide bonds. The molecular weight excluding hydrogens is 286 g/mol. The normalized spacial score (nSPS) is 22.1. The number of carbonyl (C=O) groups is 2. The number of anilines is 1. The largest absolute Gasteiger partial charge is 0.462 e. The SMILES string of the molecule is COC(=O)c1nc2c(o1)CCC1(C2)C(=O)Nc2ncccc21. The van der Waals surface area contributed by atoms with Crippen LogP contribution in [0.2, 0.25) is 0 Å². The lowest BCUT2D eigenvalue weighted by molar-refractivity contribution is -0.121. The van der Waals surface area contributed by atoms with E-state index in [0.29, 0.717) is 36.5 Å². The number of rotatable bonds is 1. The highest BCUT2D eigenvalue weighted by molar-refractivity contribution is 6.05. The highest BCUT2D eigenvalue weighted by Crippen LogP contribution is 2.45. The van der Waals surface area contributed by atoms with Crippen molar-refractivity contribution in [3.8, 4) is 0 Å². The predicted octanol–water partition coefficient (Wildman–Crippen LogP) is 1.23. The number of pyridine rings is 1. The number of hydrogen-bond acceptors (Lipinski definition) is 6. The summed E-state index contributed by atoms with van der Waals surface area (Å²) in [6, 6.07) is 3.73. The zero-order valence-electron chi connectivity index (χ0n) is 11.9. The Bertz CT molecular complexity index is 798. The second-order valence-corrected chi connectivity index (χ2v) is 5.49. The molecule has 112 valence electrons. The predicted molar refractivity (Wildman–Crippen MR) is 74.4 cm³/mol. The molecule has 1 spiro atoms. The topological polar surface area (TPSA) is 94.3 Å². The van der Waals surface area contributed by atoms with Crippen molar-refractivity contribution >= 4 is 17.7 Å². The smallest absolute Gasteiger partial charge is 0.394 e. The van der Waals surface area contributed by atoms with Gasteiger partial charge in [-0.15, -0.1) is 0 Å². The van der Waals surface area contributed by atoms with Gasteiger partial charge >= 0.3 is 11.9 Å². The molecule has 2 aromatic heterocycles. The molecule has 22 heavy (non-hydrogen) atoms. The molecular formula is C15H13N3O4. The molecule has 1 aliphatic heterocycles. The van der Waals surface area contributed by atoms with Crippen LogP contribution in [0, 0.1) is 0 Å². The van der Waals surface area contributed by atoms with Gasteiger partial charge in [0.25, 0.3) is 0 Å². The third kappa shape index (κ3) is 1.62. The molecule has 1 N–H and O–H groups in total. The fourth-order valence-electron chi connectivity index (χ4n) is 3.26. The number of fused-ring (bicyclic) bond motifs is 3. The van der Waals surface area contributed by atoms with Crippen LogP contribution in [0.15, 0.2) is 22.7 Å². The monoisotopic (exact) mass is 299 g/mol. The number of aryl methyl sites for hydroxylation is 1. The minimum atomic E-state index is -0.680. The summed E-state index contributed by atoms with van der Waals surface area (Å²) in [5, 5.41) is 2.83. The van der Waals surface area contributed by atoms with Crippen LogP contribution in [0.4, 0.5) is 5.82 Å². The molecule has 0 bridgehead atoms. The highest BCUT2D eigenvalue weighted by atomic mass is 16.5. The Morgan fingerprint density at radius 3 is 3.18 bits per heavy atom. The number of esters is 1. The van der Waals surface area contributed by atoms with Crippen molar-refractivity contribution in [2.24, 2.45) is 0 Å². The van der Waals surface area contributed by atoms with Gasteiger partial charge in [-0.3, -0.25) is 4.79 Å². The summed E-state index contributed by atoms with van der Waals surface area (Å²) in [7, 11) is 1.28. The third-order valence-electron chi connectivity index (χ3n) is 4.38. The van der Waals surface area contributed by atoms with E-state index in [2.05, 4.69) is 20.0 Å². The first-order valence-corrected chi connectivity index (χ1v) is 6.98. The third-order valence-corrected chi connectivity index (χ3v) is 4.38. The number of nitrogens with one attached hydrogen (secondary N) is 1. The first-order valence-electron chi connectivity index (χ1n) is 6.98. The Morgan fingerprint density at radius 1 is 1.50 bits per heavy atom. The molecule has 1 atom stereocenters. The van der Waals surface area contributed by atoms with E-state index in [1.165, 1.54) is 7.11 Å². The summed E-state index contributed by atoms with van der Waals surface area (Å²) >= 11 is 0. The van der Waals surface area contributed by atoms with E-state index < -0.39 is 11.4 Å². The molecule has 2 aromatic rings. The van der Waals surface area contributed by atoms with Gasteiger partial charge in [-0.25, -0.2) is 14.8 Å². The van der Waals surface area contributed by atoms with Crippen molar-refractivity contribution in [3.05, 3.63) is 41.2 Å². The molecule has 4 rings (SSSR count). The fraction of sp³-hybridized carbons (Fsp3) is 0.333. The van der Waals surface area contributed by atoms with Crippen molar-refractivity contribution in [2.75, 3.05) is 12.4 Å². The number of aromatic nitrogens is 2. The Morgan fingerprint density at radius 2 is 2.36 bits per heavy atom. The van der Waals surface area contributed by atoms with Crippen LogP contribution in [-0.4, -0.2) is 29.0 Å². The molecule has 0 fully saturated rings.